The summed E-state index contributed by atoms with van der Waals surface area (Å²) < 4.78 is 0. The van der Waals surface area contributed by atoms with Crippen LogP contribution >= 0.6 is 0 Å². The predicted molar refractivity (Wildman–Crippen MR) is 139 cm³/mol. The number of ketones is 1. The van der Waals surface area contributed by atoms with Crippen molar-refractivity contribution in [1.29, 1.82) is 0 Å². The topological polar surface area (TPSA) is 145 Å². The van der Waals surface area contributed by atoms with Crippen LogP contribution in [0, 0.1) is 17.8 Å². The standard InChI is InChI=1S/C26H45N5O6/c1-16(2)22(19(6)32)27-24(35)23(17(3)4)30(7)14-11-13-21(34)29-28-20(33)12-9-8-10-15-31-25(36)18(5)26(31)37/h16-18,22-23H,8-15H2,1-7H3,(H,27,35)(H,28,33)(H,29,34)/t22-,23?/m0/s1. The number of unbranched alkanes of at least 4 members (excludes halogenated alkanes) is 2. The number of hydrogen-bond donors (Lipinski definition) is 3. The van der Waals surface area contributed by atoms with Gasteiger partial charge in [-0.2, -0.15) is 0 Å². The van der Waals surface area contributed by atoms with Crippen molar-refractivity contribution >= 4 is 35.3 Å². The number of nitrogens with zero attached hydrogens (tertiary/aromatic N) is 2. The fraction of sp³-hybridized carbons (Fsp3) is 0.769. The second-order valence-corrected chi connectivity index (χ2v) is 10.6. The summed E-state index contributed by atoms with van der Waals surface area (Å²) in [7, 11) is 1.82. The van der Waals surface area contributed by atoms with Crippen molar-refractivity contribution < 1.29 is 28.8 Å². The van der Waals surface area contributed by atoms with Crippen LogP contribution in [0.25, 0.3) is 0 Å². The highest BCUT2D eigenvalue weighted by atomic mass is 16.2. The minimum Gasteiger partial charge on any atom is -0.345 e. The number of hydrogen-bond acceptors (Lipinski definition) is 7. The Morgan fingerprint density at radius 3 is 1.89 bits per heavy atom. The number of hydrazine groups is 1. The first kappa shape index (κ1) is 32.2. The molecule has 5 amide bonds. The molecule has 0 aromatic rings. The van der Waals surface area contributed by atoms with E-state index in [0.717, 1.165) is 0 Å². The summed E-state index contributed by atoms with van der Waals surface area (Å²) in [5.41, 5.74) is 4.80. The summed E-state index contributed by atoms with van der Waals surface area (Å²) in [4.78, 5) is 75.0. The van der Waals surface area contributed by atoms with Gasteiger partial charge in [0.25, 0.3) is 0 Å². The number of rotatable bonds is 16. The fourth-order valence-corrected chi connectivity index (χ4v) is 4.45. The first-order chi connectivity index (χ1) is 17.3. The van der Waals surface area contributed by atoms with E-state index in [1.807, 2.05) is 39.6 Å². The number of β-lactam (4-membered cyclic amide) rings is 2. The Balaban J connectivity index is 2.28. The molecule has 11 nitrogen and oxygen atoms in total. The van der Waals surface area contributed by atoms with Gasteiger partial charge < -0.3 is 5.32 Å². The molecule has 1 heterocycles. The highest BCUT2D eigenvalue weighted by Gasteiger charge is 2.42. The number of Topliss-reactive ketones (excluding diaryl/α,β-unsaturated/α-hetero) is 1. The molecule has 1 fully saturated rings. The van der Waals surface area contributed by atoms with E-state index in [-0.39, 0.29) is 60.0 Å². The van der Waals surface area contributed by atoms with Crippen LogP contribution in [-0.2, 0) is 28.8 Å². The maximum Gasteiger partial charge on any atom is 0.241 e. The zero-order valence-corrected chi connectivity index (χ0v) is 23.4. The molecule has 1 saturated heterocycles. The van der Waals surface area contributed by atoms with Crippen molar-refractivity contribution in [3.8, 4) is 0 Å². The van der Waals surface area contributed by atoms with Crippen LogP contribution < -0.4 is 16.2 Å². The second-order valence-electron chi connectivity index (χ2n) is 10.6. The van der Waals surface area contributed by atoms with Crippen molar-refractivity contribution in [2.45, 2.75) is 92.2 Å². The Morgan fingerprint density at radius 1 is 0.865 bits per heavy atom. The minimum atomic E-state index is -0.533. The normalized spacial score (nSPS) is 15.6. The van der Waals surface area contributed by atoms with E-state index in [2.05, 4.69) is 16.2 Å². The Kier molecular flexibility index (Phi) is 13.4. The molecule has 1 rings (SSSR count). The van der Waals surface area contributed by atoms with Gasteiger partial charge in [-0.3, -0.25) is 49.4 Å². The van der Waals surface area contributed by atoms with Crippen molar-refractivity contribution in [3.05, 3.63) is 0 Å². The van der Waals surface area contributed by atoms with Crippen LogP contribution in [0.4, 0.5) is 0 Å². The third kappa shape index (κ3) is 10.2. The lowest BCUT2D eigenvalue weighted by Crippen LogP contribution is -2.56. The summed E-state index contributed by atoms with van der Waals surface area (Å²) in [6, 6.07) is -0.974. The maximum absolute atomic E-state index is 12.9. The summed E-state index contributed by atoms with van der Waals surface area (Å²) in [6.07, 6.45) is 2.80. The summed E-state index contributed by atoms with van der Waals surface area (Å²) in [6.45, 7) is 11.6. The predicted octanol–water partition coefficient (Wildman–Crippen LogP) is 1.17. The van der Waals surface area contributed by atoms with Crippen LogP contribution in [0.3, 0.4) is 0 Å². The Labute approximate surface area is 220 Å². The summed E-state index contributed by atoms with van der Waals surface area (Å²) in [5, 5.41) is 2.86. The van der Waals surface area contributed by atoms with E-state index < -0.39 is 18.0 Å². The molecule has 0 aliphatic carbocycles. The van der Waals surface area contributed by atoms with Crippen LogP contribution in [0.2, 0.25) is 0 Å². The van der Waals surface area contributed by atoms with E-state index in [0.29, 0.717) is 38.8 Å². The lowest BCUT2D eigenvalue weighted by atomic mass is 9.97. The van der Waals surface area contributed by atoms with E-state index >= 15 is 0 Å². The molecule has 0 spiro atoms. The first-order valence-electron chi connectivity index (χ1n) is 13.2. The number of amides is 5. The molecule has 1 aliphatic heterocycles. The largest absolute Gasteiger partial charge is 0.345 e. The molecule has 0 aromatic heterocycles. The molecule has 210 valence electrons. The van der Waals surface area contributed by atoms with Gasteiger partial charge in [0.15, 0.2) is 5.78 Å². The van der Waals surface area contributed by atoms with Gasteiger partial charge in [-0.15, -0.1) is 0 Å². The average Bonchev–Trinajstić information content (AvgIpc) is 2.82. The highest BCUT2D eigenvalue weighted by molar-refractivity contribution is 6.17. The molecule has 2 atom stereocenters. The zero-order valence-electron chi connectivity index (χ0n) is 23.4. The quantitative estimate of drug-likeness (QED) is 0.119. The molecule has 0 bridgehead atoms. The summed E-state index contributed by atoms with van der Waals surface area (Å²) in [5.74, 6) is -1.75. The molecule has 0 radical (unpaired) electrons. The lowest BCUT2D eigenvalue weighted by molar-refractivity contribution is -0.164. The smallest absolute Gasteiger partial charge is 0.241 e. The number of likely N-dealkylation sites (N-methyl/N-ethyl adjacent to an activating group) is 1. The van der Waals surface area contributed by atoms with Crippen molar-refractivity contribution in [3.63, 3.8) is 0 Å². The van der Waals surface area contributed by atoms with E-state index in [9.17, 15) is 28.8 Å². The first-order valence-corrected chi connectivity index (χ1v) is 13.2. The monoisotopic (exact) mass is 523 g/mol. The van der Waals surface area contributed by atoms with E-state index in [1.54, 1.807) is 6.92 Å². The van der Waals surface area contributed by atoms with E-state index in [4.69, 9.17) is 0 Å². The SMILES string of the molecule is CC(=O)[C@@H](NC(=O)C(C(C)C)N(C)CCCC(=O)NNC(=O)CCCCCN1C(=O)C(C)C1=O)C(C)C. The van der Waals surface area contributed by atoms with Gasteiger partial charge >= 0.3 is 0 Å². The van der Waals surface area contributed by atoms with E-state index in [1.165, 1.54) is 11.8 Å². The average molecular weight is 524 g/mol. The van der Waals surface area contributed by atoms with Crippen molar-refractivity contribution in [2.24, 2.45) is 17.8 Å². The second kappa shape index (κ2) is 15.4. The Hall–Kier alpha value is -2.82. The van der Waals surface area contributed by atoms with Gasteiger partial charge in [0, 0.05) is 19.4 Å². The van der Waals surface area contributed by atoms with Gasteiger partial charge in [-0.25, -0.2) is 0 Å². The molecule has 0 saturated carbocycles. The Morgan fingerprint density at radius 2 is 1.41 bits per heavy atom. The number of nitrogens with one attached hydrogen (secondary N) is 3. The lowest BCUT2D eigenvalue weighted by Gasteiger charge is -2.33. The number of imide groups is 1. The number of likely N-dealkylation sites (tertiary alicyclic amines) is 1. The molecule has 1 unspecified atom stereocenters. The third-order valence-corrected chi connectivity index (χ3v) is 6.59. The van der Waals surface area contributed by atoms with Gasteiger partial charge in [-0.05, 0) is 58.5 Å². The molecule has 37 heavy (non-hydrogen) atoms. The molecule has 3 N–H and O–H groups in total. The summed E-state index contributed by atoms with van der Waals surface area (Å²) >= 11 is 0. The molecular formula is C26H45N5O6. The van der Waals surface area contributed by atoms with Gasteiger partial charge in [-0.1, -0.05) is 34.1 Å². The zero-order chi connectivity index (χ0) is 28.3. The van der Waals surface area contributed by atoms with Crippen molar-refractivity contribution in [1.82, 2.24) is 26.0 Å². The van der Waals surface area contributed by atoms with Gasteiger partial charge in [0.2, 0.25) is 29.5 Å². The number of carbonyl (C=O) groups excluding carboxylic acids is 6. The minimum absolute atomic E-state index is 0.00771. The third-order valence-electron chi connectivity index (χ3n) is 6.59. The van der Waals surface area contributed by atoms with Crippen LogP contribution in [0.5, 0.6) is 0 Å². The van der Waals surface area contributed by atoms with Crippen LogP contribution in [0.15, 0.2) is 0 Å². The highest BCUT2D eigenvalue weighted by Crippen LogP contribution is 2.19. The Bertz CT molecular complexity index is 827. The molecule has 0 aromatic carbocycles. The van der Waals surface area contributed by atoms with Gasteiger partial charge in [0.05, 0.1) is 12.1 Å². The molecule has 1 aliphatic rings. The van der Waals surface area contributed by atoms with Crippen LogP contribution in [-0.4, -0.2) is 77.3 Å². The van der Waals surface area contributed by atoms with Crippen LogP contribution in [0.1, 0.15) is 80.1 Å². The molecule has 11 heteroatoms. The van der Waals surface area contributed by atoms with Crippen molar-refractivity contribution in [2.75, 3.05) is 20.1 Å². The van der Waals surface area contributed by atoms with Gasteiger partial charge in [0.1, 0.15) is 5.92 Å². The fourth-order valence-electron chi connectivity index (χ4n) is 4.45. The number of carbonyl (C=O) groups is 6. The molecular weight excluding hydrogens is 478 g/mol. The maximum atomic E-state index is 12.9.